The zero-order valence-corrected chi connectivity index (χ0v) is 12.7. The zero-order valence-electron chi connectivity index (χ0n) is 11.9. The van der Waals surface area contributed by atoms with Crippen LogP contribution in [0.5, 0.6) is 11.5 Å². The van der Waals surface area contributed by atoms with Crippen LogP contribution in [0.15, 0.2) is 29.6 Å². The molecule has 2 rings (SSSR count). The Morgan fingerprint density at radius 3 is 2.82 bits per heavy atom. The van der Waals surface area contributed by atoms with Gasteiger partial charge in [-0.2, -0.15) is 0 Å². The highest BCUT2D eigenvalue weighted by Crippen LogP contribution is 2.31. The normalized spacial score (nSPS) is 10.1. The number of hydrogen-bond donors (Lipinski definition) is 3. The molecule has 0 saturated heterocycles. The molecule has 0 amide bonds. The van der Waals surface area contributed by atoms with Gasteiger partial charge in [0.1, 0.15) is 5.75 Å². The van der Waals surface area contributed by atoms with Crippen LogP contribution >= 0.6 is 11.8 Å². The molecule has 0 saturated carbocycles. The van der Waals surface area contributed by atoms with E-state index in [0.717, 1.165) is 0 Å². The fourth-order valence-corrected chi connectivity index (χ4v) is 1.96. The molecule has 116 valence electrons. The van der Waals surface area contributed by atoms with Gasteiger partial charge in [0.2, 0.25) is 0 Å². The number of carboxylic acid groups (broad SMARTS) is 1. The van der Waals surface area contributed by atoms with E-state index >= 15 is 0 Å². The Morgan fingerprint density at radius 1 is 1.45 bits per heavy atom. The lowest BCUT2D eigenvalue weighted by molar-refractivity contribution is 0.144. The first kappa shape index (κ1) is 15.7. The maximum absolute atomic E-state index is 10.7. The van der Waals surface area contributed by atoms with Crippen molar-refractivity contribution in [1.29, 1.82) is 0 Å². The van der Waals surface area contributed by atoms with Crippen LogP contribution < -0.4 is 20.5 Å². The summed E-state index contributed by atoms with van der Waals surface area (Å²) >= 11 is 1.31. The van der Waals surface area contributed by atoms with Crippen LogP contribution in [0.3, 0.4) is 0 Å². The molecule has 4 N–H and O–H groups in total. The minimum absolute atomic E-state index is 0.0134. The standard InChI is InChI=1S/C13H14N4O4S/c1-20-7-3-4-9(8(14)5-7)16-11-10(21-13(18)19)6-15-12(17-11)22-2/h3-6H,14H2,1-2H3,(H,18,19)(H,15,16,17). The van der Waals surface area contributed by atoms with Gasteiger partial charge in [0, 0.05) is 6.07 Å². The summed E-state index contributed by atoms with van der Waals surface area (Å²) in [6, 6.07) is 5.05. The average Bonchev–Trinajstić information content (AvgIpc) is 2.50. The van der Waals surface area contributed by atoms with E-state index in [9.17, 15) is 4.79 Å². The smallest absolute Gasteiger partial charge is 0.497 e. The predicted molar refractivity (Wildman–Crippen MR) is 83.2 cm³/mol. The molecule has 1 aromatic heterocycles. The van der Waals surface area contributed by atoms with Gasteiger partial charge in [-0.3, -0.25) is 0 Å². The second-order valence-electron chi connectivity index (χ2n) is 4.02. The number of aromatic nitrogens is 2. The van der Waals surface area contributed by atoms with Crippen LogP contribution in [0.2, 0.25) is 0 Å². The minimum Gasteiger partial charge on any atom is -0.497 e. The molecule has 0 aliphatic carbocycles. The minimum atomic E-state index is -1.45. The van der Waals surface area contributed by atoms with Crippen molar-refractivity contribution < 1.29 is 19.4 Å². The third-order valence-corrected chi connectivity index (χ3v) is 3.19. The lowest BCUT2D eigenvalue weighted by Gasteiger charge is -2.12. The molecule has 0 radical (unpaired) electrons. The topological polar surface area (TPSA) is 120 Å². The molecular weight excluding hydrogens is 308 g/mol. The number of nitrogens with two attached hydrogens (primary N) is 1. The molecule has 0 unspecified atom stereocenters. The molecule has 22 heavy (non-hydrogen) atoms. The molecule has 0 aliphatic heterocycles. The summed E-state index contributed by atoms with van der Waals surface area (Å²) in [5.74, 6) is 0.802. The Morgan fingerprint density at radius 2 is 2.23 bits per heavy atom. The Labute approximate surface area is 130 Å². The molecular formula is C13H14N4O4S. The number of nitrogens with one attached hydrogen (secondary N) is 1. The van der Waals surface area contributed by atoms with Crippen LogP contribution in [0, 0.1) is 0 Å². The third kappa shape index (κ3) is 3.70. The molecule has 0 bridgehead atoms. The van der Waals surface area contributed by atoms with E-state index in [0.29, 0.717) is 22.3 Å². The Kier molecular flexibility index (Phi) is 4.89. The highest BCUT2D eigenvalue weighted by atomic mass is 32.2. The summed E-state index contributed by atoms with van der Waals surface area (Å²) in [5, 5.41) is 12.2. The lowest BCUT2D eigenvalue weighted by Crippen LogP contribution is -2.08. The first-order valence-electron chi connectivity index (χ1n) is 6.06. The van der Waals surface area contributed by atoms with Crippen molar-refractivity contribution in [1.82, 2.24) is 9.97 Å². The van der Waals surface area contributed by atoms with Crippen molar-refractivity contribution >= 4 is 35.1 Å². The Balaban J connectivity index is 2.36. The van der Waals surface area contributed by atoms with E-state index in [1.807, 2.05) is 0 Å². The molecule has 0 aliphatic rings. The van der Waals surface area contributed by atoms with Crippen molar-refractivity contribution in [2.24, 2.45) is 0 Å². The number of hydrogen-bond acceptors (Lipinski definition) is 8. The average molecular weight is 322 g/mol. The van der Waals surface area contributed by atoms with Crippen LogP contribution in [0.1, 0.15) is 0 Å². The maximum atomic E-state index is 10.7. The highest BCUT2D eigenvalue weighted by molar-refractivity contribution is 7.98. The van der Waals surface area contributed by atoms with Crippen molar-refractivity contribution in [3.63, 3.8) is 0 Å². The summed E-state index contributed by atoms with van der Waals surface area (Å²) < 4.78 is 9.73. The quantitative estimate of drug-likeness (QED) is 0.330. The molecule has 0 atom stereocenters. The molecule has 8 nitrogen and oxygen atoms in total. The van der Waals surface area contributed by atoms with Crippen molar-refractivity contribution in [3.05, 3.63) is 24.4 Å². The predicted octanol–water partition coefficient (Wildman–Crippen LogP) is 2.59. The van der Waals surface area contributed by atoms with E-state index < -0.39 is 6.16 Å². The van der Waals surface area contributed by atoms with Crippen LogP contribution in [0.4, 0.5) is 22.0 Å². The number of benzene rings is 1. The number of anilines is 3. The summed E-state index contributed by atoms with van der Waals surface area (Å²) in [6.07, 6.45) is 1.64. The van der Waals surface area contributed by atoms with Gasteiger partial charge in [0.25, 0.3) is 0 Å². The van der Waals surface area contributed by atoms with E-state index in [2.05, 4.69) is 20.0 Å². The van der Waals surface area contributed by atoms with Crippen LogP contribution in [-0.2, 0) is 0 Å². The van der Waals surface area contributed by atoms with Gasteiger partial charge in [0.15, 0.2) is 16.7 Å². The van der Waals surface area contributed by atoms with Crippen LogP contribution in [-0.4, -0.2) is 34.6 Å². The third-order valence-electron chi connectivity index (χ3n) is 2.62. The molecule has 1 heterocycles. The SMILES string of the molecule is COc1ccc(Nc2nc(SC)ncc2OC(=O)O)c(N)c1. The van der Waals surface area contributed by atoms with E-state index in [4.69, 9.17) is 15.6 Å². The van der Waals surface area contributed by atoms with Gasteiger partial charge in [-0.05, 0) is 18.4 Å². The highest BCUT2D eigenvalue weighted by Gasteiger charge is 2.13. The first-order valence-corrected chi connectivity index (χ1v) is 7.28. The number of nitrogens with zero attached hydrogens (tertiary/aromatic N) is 2. The summed E-state index contributed by atoms with van der Waals surface area (Å²) in [4.78, 5) is 18.9. The van der Waals surface area contributed by atoms with Gasteiger partial charge in [0.05, 0.1) is 24.7 Å². The number of carbonyl (C=O) groups is 1. The molecule has 0 fully saturated rings. The molecule has 1 aromatic carbocycles. The van der Waals surface area contributed by atoms with Crippen molar-refractivity contribution in [2.45, 2.75) is 5.16 Å². The fraction of sp³-hybridized carbons (Fsp3) is 0.154. The Bertz CT molecular complexity index is 696. The van der Waals surface area contributed by atoms with E-state index in [-0.39, 0.29) is 11.6 Å². The largest absolute Gasteiger partial charge is 0.511 e. The second-order valence-corrected chi connectivity index (χ2v) is 4.79. The summed E-state index contributed by atoms with van der Waals surface area (Å²) in [5.41, 5.74) is 6.88. The lowest BCUT2D eigenvalue weighted by atomic mass is 10.2. The van der Waals surface area contributed by atoms with Crippen molar-refractivity contribution in [2.75, 3.05) is 24.4 Å². The molecule has 0 spiro atoms. The second kappa shape index (κ2) is 6.85. The number of rotatable bonds is 5. The van der Waals surface area contributed by atoms with Gasteiger partial charge in [-0.15, -0.1) is 0 Å². The monoisotopic (exact) mass is 322 g/mol. The summed E-state index contributed by atoms with van der Waals surface area (Å²) in [7, 11) is 1.54. The van der Waals surface area contributed by atoms with Gasteiger partial charge >= 0.3 is 6.16 Å². The van der Waals surface area contributed by atoms with Crippen molar-refractivity contribution in [3.8, 4) is 11.5 Å². The van der Waals surface area contributed by atoms with Gasteiger partial charge in [-0.25, -0.2) is 14.8 Å². The summed E-state index contributed by atoms with van der Waals surface area (Å²) in [6.45, 7) is 0. The zero-order chi connectivity index (χ0) is 16.1. The number of thioether (sulfide) groups is 1. The fourth-order valence-electron chi connectivity index (χ4n) is 1.62. The Hall–Kier alpha value is -2.68. The van der Waals surface area contributed by atoms with Gasteiger partial charge in [-0.1, -0.05) is 11.8 Å². The van der Waals surface area contributed by atoms with E-state index in [1.54, 1.807) is 24.5 Å². The van der Waals surface area contributed by atoms with Gasteiger partial charge < -0.3 is 25.6 Å². The number of nitrogen functional groups attached to an aromatic ring is 1. The van der Waals surface area contributed by atoms with E-state index in [1.165, 1.54) is 25.1 Å². The van der Waals surface area contributed by atoms with Crippen LogP contribution in [0.25, 0.3) is 0 Å². The number of methoxy groups -OCH3 is 1. The first-order chi connectivity index (χ1) is 10.5. The molecule has 9 heteroatoms. The number of ether oxygens (including phenoxy) is 2. The maximum Gasteiger partial charge on any atom is 0.511 e. The molecule has 2 aromatic rings.